The number of phenolic OH excluding ortho intramolecular Hbond substituents is 1. The molecule has 0 spiro atoms. The summed E-state index contributed by atoms with van der Waals surface area (Å²) in [5.74, 6) is -0.0284. The normalized spacial score (nSPS) is 12.3. The van der Waals surface area contributed by atoms with Crippen LogP contribution in [0, 0.1) is 0 Å². The molecule has 0 amide bonds. The van der Waals surface area contributed by atoms with Crippen molar-refractivity contribution < 1.29 is 5.11 Å². The van der Waals surface area contributed by atoms with Crippen molar-refractivity contribution in [3.05, 3.63) is 201 Å². The lowest BCUT2D eigenvalue weighted by molar-refractivity contribution is 0.444. The molecule has 3 heteroatoms. The highest BCUT2D eigenvalue weighted by Gasteiger charge is 2.28. The number of aromatic hydroxyl groups is 1. The molecular formula is C47H46ClNO. The van der Waals surface area contributed by atoms with Crippen molar-refractivity contribution in [3.8, 4) is 5.75 Å². The van der Waals surface area contributed by atoms with E-state index in [-0.39, 0.29) is 28.4 Å². The lowest BCUT2D eigenvalue weighted by Crippen LogP contribution is -2.17. The van der Waals surface area contributed by atoms with Gasteiger partial charge in [-0.2, -0.15) is 0 Å². The number of rotatable bonds is 8. The Bertz CT molecular complexity index is 1890. The quantitative estimate of drug-likeness (QED) is 0.126. The molecule has 2 nitrogen and oxygen atoms in total. The molecule has 0 bridgehead atoms. The molecule has 0 atom stereocenters. The van der Waals surface area contributed by atoms with Gasteiger partial charge in [-0.15, -0.1) is 0 Å². The molecule has 0 unspecified atom stereocenters. The first-order chi connectivity index (χ1) is 23.9. The van der Waals surface area contributed by atoms with Gasteiger partial charge < -0.3 is 5.11 Å². The van der Waals surface area contributed by atoms with Crippen LogP contribution in [0.2, 0.25) is 5.02 Å². The van der Waals surface area contributed by atoms with Gasteiger partial charge in [-0.3, -0.25) is 4.99 Å². The predicted molar refractivity (Wildman–Crippen MR) is 212 cm³/mol. The fraction of sp³-hybridized carbons (Fsp3) is 0.213. The van der Waals surface area contributed by atoms with Gasteiger partial charge in [0.05, 0.1) is 5.69 Å². The molecule has 0 heterocycles. The summed E-state index contributed by atoms with van der Waals surface area (Å²) >= 11 is 7.15. The Hall–Kier alpha value is -4.92. The van der Waals surface area contributed by atoms with Gasteiger partial charge in [-0.05, 0) is 68.0 Å². The fourth-order valence-corrected chi connectivity index (χ4v) is 7.05. The summed E-state index contributed by atoms with van der Waals surface area (Å²) in [6.07, 6.45) is 1.86. The topological polar surface area (TPSA) is 32.6 Å². The monoisotopic (exact) mass is 675 g/mol. The third-order valence-electron chi connectivity index (χ3n) is 9.43. The summed E-state index contributed by atoms with van der Waals surface area (Å²) in [4.78, 5) is 5.42. The molecule has 6 aromatic rings. The molecule has 0 aromatic heterocycles. The van der Waals surface area contributed by atoms with Gasteiger partial charge >= 0.3 is 0 Å². The van der Waals surface area contributed by atoms with E-state index in [1.165, 1.54) is 0 Å². The highest BCUT2D eigenvalue weighted by molar-refractivity contribution is 6.30. The van der Waals surface area contributed by atoms with E-state index >= 15 is 0 Å². The van der Waals surface area contributed by atoms with E-state index in [4.69, 9.17) is 16.6 Å². The van der Waals surface area contributed by atoms with Gasteiger partial charge in [-0.1, -0.05) is 181 Å². The van der Waals surface area contributed by atoms with Crippen LogP contribution in [-0.2, 0) is 10.8 Å². The summed E-state index contributed by atoms with van der Waals surface area (Å²) in [6.45, 7) is 13.0. The number of hydrogen-bond donors (Lipinski definition) is 1. The zero-order valence-corrected chi connectivity index (χ0v) is 30.6. The second-order valence-corrected chi connectivity index (χ2v) is 15.6. The van der Waals surface area contributed by atoms with Crippen LogP contribution in [0.4, 0.5) is 5.69 Å². The number of phenols is 1. The maximum atomic E-state index is 11.8. The molecule has 0 fully saturated rings. The first-order valence-corrected chi connectivity index (χ1v) is 17.7. The minimum atomic E-state index is -0.262. The summed E-state index contributed by atoms with van der Waals surface area (Å²) in [7, 11) is 0. The van der Waals surface area contributed by atoms with Crippen molar-refractivity contribution in [1.29, 1.82) is 0 Å². The van der Waals surface area contributed by atoms with Crippen LogP contribution in [-0.4, -0.2) is 11.3 Å². The summed E-state index contributed by atoms with van der Waals surface area (Å²) in [5, 5.41) is 12.4. The average molecular weight is 676 g/mol. The Morgan fingerprint density at radius 1 is 0.540 bits per heavy atom. The van der Waals surface area contributed by atoms with E-state index in [9.17, 15) is 5.11 Å². The largest absolute Gasteiger partial charge is 0.507 e. The smallest absolute Gasteiger partial charge is 0.128 e. The van der Waals surface area contributed by atoms with Gasteiger partial charge in [0.1, 0.15) is 5.75 Å². The molecule has 252 valence electrons. The van der Waals surface area contributed by atoms with Crippen LogP contribution in [0.15, 0.2) is 151 Å². The van der Waals surface area contributed by atoms with Crippen LogP contribution in [0.5, 0.6) is 5.75 Å². The predicted octanol–water partition coefficient (Wildman–Crippen LogP) is 12.8. The van der Waals surface area contributed by atoms with Gasteiger partial charge in [0.15, 0.2) is 0 Å². The van der Waals surface area contributed by atoms with Crippen molar-refractivity contribution in [2.24, 2.45) is 4.99 Å². The molecule has 6 rings (SSSR count). The third-order valence-corrected chi connectivity index (χ3v) is 9.65. The number of benzene rings is 6. The van der Waals surface area contributed by atoms with Crippen LogP contribution in [0.25, 0.3) is 0 Å². The molecule has 0 aliphatic rings. The Balaban J connectivity index is 1.69. The van der Waals surface area contributed by atoms with Crippen LogP contribution < -0.4 is 0 Å². The Labute approximate surface area is 303 Å². The minimum Gasteiger partial charge on any atom is -0.507 e. The number of halogens is 1. The molecule has 0 saturated carbocycles. The molecule has 0 radical (unpaired) electrons. The molecule has 0 aliphatic heterocycles. The van der Waals surface area contributed by atoms with Crippen molar-refractivity contribution in [2.75, 3.05) is 0 Å². The van der Waals surface area contributed by atoms with Crippen molar-refractivity contribution >= 4 is 23.5 Å². The van der Waals surface area contributed by atoms with E-state index in [1.54, 1.807) is 0 Å². The maximum absolute atomic E-state index is 11.8. The lowest BCUT2D eigenvalue weighted by Gasteiger charge is -2.27. The average Bonchev–Trinajstić information content (AvgIpc) is 3.09. The number of hydrogen-bond acceptors (Lipinski definition) is 2. The highest BCUT2D eigenvalue weighted by atomic mass is 35.5. The second kappa shape index (κ2) is 14.5. The maximum Gasteiger partial charge on any atom is 0.128 e. The fourth-order valence-electron chi connectivity index (χ4n) is 6.81. The van der Waals surface area contributed by atoms with Crippen molar-refractivity contribution in [2.45, 2.75) is 64.2 Å². The zero-order chi connectivity index (χ0) is 35.5. The van der Waals surface area contributed by atoms with Gasteiger partial charge in [-0.25, -0.2) is 0 Å². The van der Waals surface area contributed by atoms with E-state index in [1.807, 2.05) is 30.5 Å². The summed E-state index contributed by atoms with van der Waals surface area (Å²) < 4.78 is 0. The van der Waals surface area contributed by atoms with Crippen LogP contribution in [0.3, 0.4) is 0 Å². The number of aliphatic imine (C=N–C) groups is 1. The van der Waals surface area contributed by atoms with Gasteiger partial charge in [0.25, 0.3) is 0 Å². The molecule has 6 aromatic carbocycles. The van der Waals surface area contributed by atoms with Crippen molar-refractivity contribution in [1.82, 2.24) is 0 Å². The highest BCUT2D eigenvalue weighted by Crippen LogP contribution is 2.46. The van der Waals surface area contributed by atoms with E-state index in [2.05, 4.69) is 163 Å². The molecule has 0 aliphatic carbocycles. The van der Waals surface area contributed by atoms with E-state index < -0.39 is 0 Å². The van der Waals surface area contributed by atoms with Crippen LogP contribution in [0.1, 0.15) is 103 Å². The number of nitrogens with zero attached hydrogens (tertiary/aromatic N) is 1. The molecule has 0 saturated heterocycles. The first kappa shape index (κ1) is 34.9. The van der Waals surface area contributed by atoms with Gasteiger partial charge in [0, 0.05) is 34.2 Å². The minimum absolute atomic E-state index is 0.121. The van der Waals surface area contributed by atoms with Crippen molar-refractivity contribution in [3.63, 3.8) is 0 Å². The molecular weight excluding hydrogens is 630 g/mol. The Kier molecular flexibility index (Phi) is 10.1. The molecule has 1 N–H and O–H groups in total. The summed E-state index contributed by atoms with van der Waals surface area (Å²) in [5.41, 5.74) is 9.78. The van der Waals surface area contributed by atoms with E-state index in [0.29, 0.717) is 10.6 Å². The Morgan fingerprint density at radius 3 is 1.26 bits per heavy atom. The first-order valence-electron chi connectivity index (χ1n) is 17.4. The third kappa shape index (κ3) is 7.62. The van der Waals surface area contributed by atoms with Gasteiger partial charge in [0.2, 0.25) is 0 Å². The SMILES string of the molecule is CC(C)(C)c1cc(C=Nc2c(C(c3ccccc3)c3ccccc3)cc(Cl)cc2C(c2ccccc2)c2ccccc2)c(O)c(C(C)(C)C)c1. The van der Waals surface area contributed by atoms with Crippen LogP contribution >= 0.6 is 11.6 Å². The summed E-state index contributed by atoms with van der Waals surface area (Å²) in [6, 6.07) is 50.6. The second-order valence-electron chi connectivity index (χ2n) is 15.2. The zero-order valence-electron chi connectivity index (χ0n) is 29.9. The van der Waals surface area contributed by atoms with E-state index in [0.717, 1.165) is 50.2 Å². The molecule has 50 heavy (non-hydrogen) atoms. The lowest BCUT2D eigenvalue weighted by atomic mass is 9.78. The Morgan fingerprint density at radius 2 is 0.920 bits per heavy atom. The standard InChI is InChI=1S/C47H46ClNO/c1-46(2,3)37-27-36(45(50)41(28-37)47(4,5)6)31-49-44-39(42(32-19-11-7-12-20-32)33-21-13-8-14-22-33)29-38(48)30-40(44)43(34-23-15-9-16-24-34)35-25-17-10-18-26-35/h7-31,42-43,50H,1-6H3.